The van der Waals surface area contributed by atoms with Crippen LogP contribution in [0.3, 0.4) is 0 Å². The number of nitrogens with zero attached hydrogens (tertiary/aromatic N) is 2. The topological polar surface area (TPSA) is 43.8 Å². The number of carboxylic acid groups (broad SMARTS) is 1. The van der Waals surface area contributed by atoms with Crippen LogP contribution in [0, 0.1) is 0 Å². The van der Waals surface area contributed by atoms with Gasteiger partial charge in [-0.05, 0) is 12.1 Å². The number of thioether (sulfide) groups is 1. The van der Waals surface area contributed by atoms with Gasteiger partial charge in [0.1, 0.15) is 0 Å². The number of piperazine rings is 1. The van der Waals surface area contributed by atoms with Crippen molar-refractivity contribution >= 4 is 17.7 Å². The van der Waals surface area contributed by atoms with E-state index in [4.69, 9.17) is 5.11 Å². The van der Waals surface area contributed by atoms with Gasteiger partial charge in [-0.25, -0.2) is 0 Å². The van der Waals surface area contributed by atoms with Crippen LogP contribution in [0.1, 0.15) is 0 Å². The summed E-state index contributed by atoms with van der Waals surface area (Å²) >= 11 is 1.88. The molecule has 1 aliphatic heterocycles. The molecule has 1 fully saturated rings. The van der Waals surface area contributed by atoms with Gasteiger partial charge < -0.3 is 5.11 Å². The zero-order valence-corrected chi connectivity index (χ0v) is 11.8. The van der Waals surface area contributed by atoms with E-state index in [1.54, 1.807) is 0 Å². The number of rotatable bonds is 6. The third-order valence-electron chi connectivity index (χ3n) is 3.24. The van der Waals surface area contributed by atoms with Gasteiger partial charge in [0.15, 0.2) is 0 Å². The van der Waals surface area contributed by atoms with Crippen molar-refractivity contribution in [3.63, 3.8) is 0 Å². The molecule has 1 aromatic rings. The summed E-state index contributed by atoms with van der Waals surface area (Å²) in [5.74, 6) is 0.358. The SMILES string of the molecule is O=C(O)CN1CCN(CCSc2ccccc2)CC1. The first-order valence-electron chi connectivity index (χ1n) is 6.58. The van der Waals surface area contributed by atoms with Gasteiger partial charge in [-0.3, -0.25) is 14.6 Å². The highest BCUT2D eigenvalue weighted by Crippen LogP contribution is 2.17. The Morgan fingerprint density at radius 2 is 1.74 bits per heavy atom. The number of carbonyl (C=O) groups is 1. The minimum absolute atomic E-state index is 0.173. The molecule has 0 radical (unpaired) electrons. The molecule has 1 saturated heterocycles. The van der Waals surface area contributed by atoms with Crippen LogP contribution in [0.2, 0.25) is 0 Å². The lowest BCUT2D eigenvalue weighted by molar-refractivity contribution is -0.138. The largest absolute Gasteiger partial charge is 0.480 e. The Morgan fingerprint density at radius 3 is 2.37 bits per heavy atom. The fourth-order valence-electron chi connectivity index (χ4n) is 2.17. The van der Waals surface area contributed by atoms with E-state index in [9.17, 15) is 4.79 Å². The molecule has 0 spiro atoms. The Kier molecular flexibility index (Phi) is 5.69. The summed E-state index contributed by atoms with van der Waals surface area (Å²) in [6.45, 7) is 4.92. The summed E-state index contributed by atoms with van der Waals surface area (Å²) in [5, 5.41) is 8.74. The van der Waals surface area contributed by atoms with Gasteiger partial charge in [0.25, 0.3) is 0 Å². The van der Waals surface area contributed by atoms with Crippen molar-refractivity contribution in [3.05, 3.63) is 30.3 Å². The van der Waals surface area contributed by atoms with Crippen LogP contribution >= 0.6 is 11.8 Å². The molecule has 1 heterocycles. The summed E-state index contributed by atoms with van der Waals surface area (Å²) in [7, 11) is 0. The maximum atomic E-state index is 10.6. The van der Waals surface area contributed by atoms with Gasteiger partial charge in [0.05, 0.1) is 6.54 Å². The van der Waals surface area contributed by atoms with Crippen LogP contribution < -0.4 is 0 Å². The van der Waals surface area contributed by atoms with Gasteiger partial charge in [-0.1, -0.05) is 18.2 Å². The van der Waals surface area contributed by atoms with E-state index in [0.717, 1.165) is 38.5 Å². The summed E-state index contributed by atoms with van der Waals surface area (Å²) < 4.78 is 0. The highest BCUT2D eigenvalue weighted by molar-refractivity contribution is 7.99. The fourth-order valence-corrected chi connectivity index (χ4v) is 3.11. The van der Waals surface area contributed by atoms with Crippen molar-refractivity contribution in [3.8, 4) is 0 Å². The second kappa shape index (κ2) is 7.53. The number of hydrogen-bond acceptors (Lipinski definition) is 4. The Balaban J connectivity index is 1.62. The standard InChI is InChI=1S/C14H20N2O2S/c17-14(18)12-16-8-6-15(7-9-16)10-11-19-13-4-2-1-3-5-13/h1-5H,6-12H2,(H,17,18). The van der Waals surface area contributed by atoms with Crippen molar-refractivity contribution in [1.82, 2.24) is 9.80 Å². The predicted molar refractivity (Wildman–Crippen MR) is 77.7 cm³/mol. The number of aliphatic carboxylic acids is 1. The number of carboxylic acids is 1. The normalized spacial score (nSPS) is 17.5. The number of benzene rings is 1. The van der Waals surface area contributed by atoms with Crippen LogP contribution in [0.4, 0.5) is 0 Å². The van der Waals surface area contributed by atoms with Gasteiger partial charge in [-0.15, -0.1) is 11.8 Å². The Hall–Kier alpha value is -1.04. The second-order valence-corrected chi connectivity index (χ2v) is 5.84. The molecular weight excluding hydrogens is 260 g/mol. The first-order chi connectivity index (χ1) is 9.24. The van der Waals surface area contributed by atoms with E-state index >= 15 is 0 Å². The smallest absolute Gasteiger partial charge is 0.317 e. The molecule has 1 aromatic carbocycles. The molecule has 0 aliphatic carbocycles. The first kappa shape index (κ1) is 14.4. The van der Waals surface area contributed by atoms with Crippen molar-refractivity contribution in [2.45, 2.75) is 4.90 Å². The molecular formula is C14H20N2O2S. The van der Waals surface area contributed by atoms with Crippen molar-refractivity contribution in [2.75, 3.05) is 45.0 Å². The van der Waals surface area contributed by atoms with Gasteiger partial charge >= 0.3 is 5.97 Å². The zero-order valence-electron chi connectivity index (χ0n) is 11.0. The van der Waals surface area contributed by atoms with Gasteiger partial charge in [0.2, 0.25) is 0 Å². The van der Waals surface area contributed by atoms with Crippen molar-refractivity contribution in [1.29, 1.82) is 0 Å². The van der Waals surface area contributed by atoms with E-state index in [2.05, 4.69) is 29.2 Å². The van der Waals surface area contributed by atoms with E-state index in [-0.39, 0.29) is 6.54 Å². The molecule has 1 aliphatic rings. The van der Waals surface area contributed by atoms with E-state index in [1.165, 1.54) is 4.90 Å². The Labute approximate surface area is 118 Å². The predicted octanol–water partition coefficient (Wildman–Crippen LogP) is 1.48. The summed E-state index contributed by atoms with van der Waals surface area (Å²) in [4.78, 5) is 16.3. The van der Waals surface area contributed by atoms with Gasteiger partial charge in [-0.2, -0.15) is 0 Å². The van der Waals surface area contributed by atoms with E-state index in [1.807, 2.05) is 22.7 Å². The first-order valence-corrected chi connectivity index (χ1v) is 7.57. The molecule has 5 heteroatoms. The van der Waals surface area contributed by atoms with Crippen LogP contribution in [-0.2, 0) is 4.79 Å². The monoisotopic (exact) mass is 280 g/mol. The zero-order chi connectivity index (χ0) is 13.5. The van der Waals surface area contributed by atoms with E-state index < -0.39 is 5.97 Å². The molecule has 1 N–H and O–H groups in total. The second-order valence-electron chi connectivity index (χ2n) is 4.67. The lowest BCUT2D eigenvalue weighted by Gasteiger charge is -2.33. The molecule has 19 heavy (non-hydrogen) atoms. The van der Waals surface area contributed by atoms with Crippen LogP contribution in [0.15, 0.2) is 35.2 Å². The van der Waals surface area contributed by atoms with Crippen LogP contribution in [0.5, 0.6) is 0 Å². The van der Waals surface area contributed by atoms with Crippen molar-refractivity contribution in [2.24, 2.45) is 0 Å². The summed E-state index contributed by atoms with van der Waals surface area (Å²) in [6.07, 6.45) is 0. The third kappa shape index (κ3) is 5.22. The third-order valence-corrected chi connectivity index (χ3v) is 4.24. The molecule has 0 unspecified atom stereocenters. The highest BCUT2D eigenvalue weighted by atomic mass is 32.2. The lowest BCUT2D eigenvalue weighted by atomic mass is 10.3. The highest BCUT2D eigenvalue weighted by Gasteiger charge is 2.17. The Bertz CT molecular complexity index is 392. The minimum Gasteiger partial charge on any atom is -0.480 e. The Morgan fingerprint density at radius 1 is 1.11 bits per heavy atom. The van der Waals surface area contributed by atoms with Gasteiger partial charge in [0, 0.05) is 43.4 Å². The molecule has 0 atom stereocenters. The molecule has 2 rings (SSSR count). The maximum Gasteiger partial charge on any atom is 0.317 e. The molecule has 0 saturated carbocycles. The fraction of sp³-hybridized carbons (Fsp3) is 0.500. The van der Waals surface area contributed by atoms with Crippen molar-refractivity contribution < 1.29 is 9.90 Å². The molecule has 4 nitrogen and oxygen atoms in total. The van der Waals surface area contributed by atoms with E-state index in [0.29, 0.717) is 0 Å². The maximum absolute atomic E-state index is 10.6. The minimum atomic E-state index is -0.729. The summed E-state index contributed by atoms with van der Waals surface area (Å²) in [5.41, 5.74) is 0. The van der Waals surface area contributed by atoms with Crippen LogP contribution in [0.25, 0.3) is 0 Å². The molecule has 0 amide bonds. The quantitative estimate of drug-likeness (QED) is 0.800. The average molecular weight is 280 g/mol. The van der Waals surface area contributed by atoms with Crippen LogP contribution in [-0.4, -0.2) is 65.9 Å². The average Bonchev–Trinajstić information content (AvgIpc) is 2.41. The number of hydrogen-bond donors (Lipinski definition) is 1. The molecule has 0 aromatic heterocycles. The molecule has 104 valence electrons. The summed E-state index contributed by atoms with van der Waals surface area (Å²) in [6, 6.07) is 10.4. The lowest BCUT2D eigenvalue weighted by Crippen LogP contribution is -2.48. The molecule has 0 bridgehead atoms.